The predicted molar refractivity (Wildman–Crippen MR) is 183 cm³/mol. The first-order valence-electron chi connectivity index (χ1n) is 16.1. The van der Waals surface area contributed by atoms with E-state index >= 15 is 0 Å². The number of allylic oxidation sites excluding steroid dienone is 6. The van der Waals surface area contributed by atoms with Crippen molar-refractivity contribution in [3.05, 3.63) is 36.5 Å². The summed E-state index contributed by atoms with van der Waals surface area (Å²) in [5, 5.41) is 11.5. The number of rotatable bonds is 4. The van der Waals surface area contributed by atoms with Crippen molar-refractivity contribution in [2.75, 3.05) is 14.1 Å². The first kappa shape index (κ1) is 38.1. The summed E-state index contributed by atoms with van der Waals surface area (Å²) in [6, 6.07) is 0. The molecule has 10 rings (SSSR count). The summed E-state index contributed by atoms with van der Waals surface area (Å²) in [7, 11) is 11.1. The predicted octanol–water partition coefficient (Wildman–Crippen LogP) is 4.90. The van der Waals surface area contributed by atoms with E-state index in [1.165, 1.54) is 6.92 Å². The average molecular weight is 759 g/mol. The lowest BCUT2D eigenvalue weighted by atomic mass is 9.72. The van der Waals surface area contributed by atoms with E-state index < -0.39 is 21.1 Å². The number of ether oxygens (including phenoxy) is 1. The van der Waals surface area contributed by atoms with Crippen molar-refractivity contribution in [1.29, 1.82) is 0 Å². The number of fused-ring (bicyclic) bond motifs is 3. The topological polar surface area (TPSA) is 161 Å². The third kappa shape index (κ3) is 5.65. The van der Waals surface area contributed by atoms with Crippen molar-refractivity contribution in [3.63, 3.8) is 0 Å². The van der Waals surface area contributed by atoms with Crippen molar-refractivity contribution in [2.24, 2.45) is 87.3 Å². The minimum absolute atomic E-state index is 0. The second kappa shape index (κ2) is 13.1. The number of esters is 2. The minimum atomic E-state index is -1.67. The highest BCUT2D eigenvalue weighted by atomic mass is 36.0. The van der Waals surface area contributed by atoms with Crippen molar-refractivity contribution in [2.45, 2.75) is 40.5 Å². The summed E-state index contributed by atoms with van der Waals surface area (Å²) in [6.45, 7) is 3.09. The molecule has 15 atom stereocenters. The highest BCUT2D eigenvalue weighted by Crippen LogP contribution is 2.78. The van der Waals surface area contributed by atoms with Gasteiger partial charge in [-0.05, 0) is 105 Å². The molecule has 1 heterocycles. The van der Waals surface area contributed by atoms with Crippen LogP contribution in [0.4, 0.5) is 0 Å². The molecule has 0 bridgehead atoms. The standard InChI is InChI=1S/C11H11ClO2.C11H12O3.C10H8O3.C2H7N.CH4.Cl2OS/c1-5(13)8-6-2-3-11(6)4-7(11)9(8)10(12)14;1-5(12)8-6-2-3-11(6)4-7(11)9(8)10(13)14;11-8-6-4-1-2-10(4)3-5(10)7(6)9(12)13-8;1-3-2;;1-4(2)3/h2-3,6-9H,4H2,1H3;2-3,6-9H,4H2,1H3,(H,13,14);1-2,4-7H,3H2;3H,1-2H3;1H4;/t2*6?,7?,8-,9+,11?;4?,5?,6-,7+,10?;;;/m111.../s1. The van der Waals surface area contributed by atoms with Crippen LogP contribution in [0.3, 0.4) is 0 Å². The Morgan fingerprint density at radius 1 is 0.755 bits per heavy atom. The number of aliphatic carboxylic acids is 1. The first-order chi connectivity index (χ1) is 22.5. The maximum absolute atomic E-state index is 11.5. The van der Waals surface area contributed by atoms with Crippen LogP contribution in [0.15, 0.2) is 36.5 Å². The largest absolute Gasteiger partial charge is 0.481 e. The number of nitrogens with one attached hydrogen (secondary N) is 1. The van der Waals surface area contributed by atoms with Crippen LogP contribution in [0.25, 0.3) is 0 Å². The van der Waals surface area contributed by atoms with E-state index in [2.05, 4.69) is 61.8 Å². The van der Waals surface area contributed by atoms with Gasteiger partial charge in [-0.1, -0.05) is 43.9 Å². The van der Waals surface area contributed by atoms with Crippen LogP contribution in [0.1, 0.15) is 40.5 Å². The Hall–Kier alpha value is -2.18. The van der Waals surface area contributed by atoms with E-state index in [0.717, 1.165) is 19.3 Å². The quantitative estimate of drug-likeness (QED) is 0.175. The van der Waals surface area contributed by atoms with Gasteiger partial charge in [0.1, 0.15) is 11.6 Å². The second-order valence-corrected chi connectivity index (χ2v) is 17.8. The molecule has 268 valence electrons. The maximum atomic E-state index is 11.5. The third-order valence-electron chi connectivity index (χ3n) is 12.9. The molecule has 2 N–H and O–H groups in total. The molecule has 0 aromatic heterocycles. The Morgan fingerprint density at radius 3 is 1.49 bits per heavy atom. The number of hydrogen-bond acceptors (Lipinski definition) is 9. The maximum Gasteiger partial charge on any atom is 0.318 e. The van der Waals surface area contributed by atoms with Gasteiger partial charge in [0, 0.05) is 45.0 Å². The molecule has 10 nitrogen and oxygen atoms in total. The summed E-state index contributed by atoms with van der Waals surface area (Å²) < 4.78 is 13.7. The molecule has 3 spiro atoms. The summed E-state index contributed by atoms with van der Waals surface area (Å²) in [4.78, 5) is 68.0. The normalized spacial score (nSPS) is 46.4. The average Bonchev–Trinajstić information content (AvgIpc) is 3.86. The van der Waals surface area contributed by atoms with Gasteiger partial charge in [-0.25, -0.2) is 4.21 Å². The van der Waals surface area contributed by atoms with Crippen LogP contribution in [-0.2, 0) is 42.7 Å². The van der Waals surface area contributed by atoms with Crippen LogP contribution in [0, 0.1) is 87.3 Å². The SMILES string of the molecule is C.CC(=O)[C@@H]1C2C=CC23CC3[C@@H]1C(=O)Cl.CC(=O)[C@@H]1C2C=CC23CC3[C@@H]1C(=O)O.CNC.O=C1OC(=O)[C@H]2C3CC34C=CC4[C@@H]12.O=S(Cl)Cl. The highest BCUT2D eigenvalue weighted by Gasteiger charge is 2.78. The Balaban J connectivity index is 0.000000130. The number of carboxylic acids is 1. The summed E-state index contributed by atoms with van der Waals surface area (Å²) in [5.74, 6) is -0.571. The summed E-state index contributed by atoms with van der Waals surface area (Å²) in [6.07, 6.45) is 15.8. The van der Waals surface area contributed by atoms with Gasteiger partial charge >= 0.3 is 17.9 Å². The molecule has 0 aromatic carbocycles. The van der Waals surface area contributed by atoms with E-state index in [1.54, 1.807) is 6.92 Å². The van der Waals surface area contributed by atoms with Crippen molar-refractivity contribution >= 4 is 76.9 Å². The monoisotopic (exact) mass is 757 g/mol. The Labute approximate surface area is 302 Å². The number of ketones is 2. The molecule has 9 aliphatic carbocycles. The van der Waals surface area contributed by atoms with Crippen LogP contribution in [0.5, 0.6) is 0 Å². The molecule has 6 saturated carbocycles. The minimum Gasteiger partial charge on any atom is -0.481 e. The van der Waals surface area contributed by atoms with Crippen LogP contribution in [-0.4, -0.2) is 58.1 Å². The molecule has 0 aromatic rings. The van der Waals surface area contributed by atoms with Gasteiger partial charge in [-0.3, -0.25) is 28.8 Å². The number of hydrogen-bond donors (Lipinski definition) is 2. The Kier molecular flexibility index (Phi) is 10.2. The summed E-state index contributed by atoms with van der Waals surface area (Å²) in [5.41, 5.74) is 0.579. The van der Waals surface area contributed by atoms with Gasteiger partial charge in [0.15, 0.2) is 0 Å². The molecule has 0 radical (unpaired) electrons. The third-order valence-corrected chi connectivity index (χ3v) is 13.1. The molecular formula is C35H42Cl3NO9S. The van der Waals surface area contributed by atoms with E-state index in [-0.39, 0.29) is 93.8 Å². The molecule has 1 saturated heterocycles. The molecule has 10 aliphatic rings. The molecule has 49 heavy (non-hydrogen) atoms. The number of carbonyl (C=O) groups is 6. The van der Waals surface area contributed by atoms with E-state index in [4.69, 9.17) is 20.9 Å². The Morgan fingerprint density at radius 2 is 1.12 bits per heavy atom. The van der Waals surface area contributed by atoms with E-state index in [1.807, 2.05) is 20.2 Å². The molecule has 9 unspecified atom stereocenters. The van der Waals surface area contributed by atoms with Crippen molar-refractivity contribution < 1.29 is 42.8 Å². The van der Waals surface area contributed by atoms with Crippen LogP contribution < -0.4 is 5.32 Å². The van der Waals surface area contributed by atoms with Gasteiger partial charge in [0.2, 0.25) is 14.5 Å². The Bertz CT molecular complexity index is 1540. The molecular weight excluding hydrogens is 717 g/mol. The lowest BCUT2D eigenvalue weighted by Crippen LogP contribution is -2.33. The van der Waals surface area contributed by atoms with E-state index in [9.17, 15) is 28.8 Å². The molecule has 14 heteroatoms. The number of carboxylic acid groups (broad SMARTS) is 1. The number of carbonyl (C=O) groups excluding carboxylic acids is 5. The zero-order valence-corrected chi connectivity index (χ0v) is 29.9. The van der Waals surface area contributed by atoms with Crippen molar-refractivity contribution in [3.8, 4) is 0 Å². The van der Waals surface area contributed by atoms with Gasteiger partial charge in [-0.15, -0.1) is 0 Å². The fraction of sp³-hybridized carbons (Fsp3) is 0.657. The highest BCUT2D eigenvalue weighted by molar-refractivity contribution is 8.26. The van der Waals surface area contributed by atoms with Crippen LogP contribution >= 0.6 is 33.0 Å². The first-order valence-corrected chi connectivity index (χ1v) is 19.3. The van der Waals surface area contributed by atoms with Crippen molar-refractivity contribution in [1.82, 2.24) is 5.32 Å². The lowest BCUT2D eigenvalue weighted by Gasteiger charge is -2.31. The van der Waals surface area contributed by atoms with E-state index in [0.29, 0.717) is 23.7 Å². The molecule has 1 aliphatic heterocycles. The van der Waals surface area contributed by atoms with Gasteiger partial charge < -0.3 is 15.2 Å². The molecule has 0 amide bonds. The zero-order chi connectivity index (χ0) is 35.2. The fourth-order valence-corrected chi connectivity index (χ4v) is 11.0. The lowest BCUT2D eigenvalue weighted by molar-refractivity contribution is -0.155. The number of cyclic esters (lactones) is 2. The van der Waals surface area contributed by atoms with Gasteiger partial charge in [0.05, 0.1) is 17.8 Å². The van der Waals surface area contributed by atoms with Gasteiger partial charge in [-0.2, -0.15) is 0 Å². The van der Waals surface area contributed by atoms with Gasteiger partial charge in [0.25, 0.3) is 0 Å². The fourth-order valence-electron chi connectivity index (χ4n) is 10.7. The smallest absolute Gasteiger partial charge is 0.318 e. The molecule has 7 fully saturated rings. The zero-order valence-electron chi connectivity index (χ0n) is 26.8. The number of Topliss-reactive ketones (excluding diaryl/α,β-unsaturated/α-hetero) is 2. The second-order valence-electron chi connectivity index (χ2n) is 14.9. The van der Waals surface area contributed by atoms with Crippen LogP contribution in [0.2, 0.25) is 0 Å². The number of halogens is 3. The summed E-state index contributed by atoms with van der Waals surface area (Å²) >= 11 is 5.58.